The summed E-state index contributed by atoms with van der Waals surface area (Å²) >= 11 is 0. The van der Waals surface area contributed by atoms with E-state index in [1.54, 1.807) is 0 Å². The highest BCUT2D eigenvalue weighted by molar-refractivity contribution is 4.83. The summed E-state index contributed by atoms with van der Waals surface area (Å²) in [4.78, 5) is 5.07. The van der Waals surface area contributed by atoms with Gasteiger partial charge in [0.15, 0.2) is 0 Å². The van der Waals surface area contributed by atoms with Crippen LogP contribution in [0.1, 0.15) is 27.2 Å². The second-order valence-electron chi connectivity index (χ2n) is 5.85. The van der Waals surface area contributed by atoms with Crippen LogP contribution in [0.4, 0.5) is 0 Å². The van der Waals surface area contributed by atoms with Crippen molar-refractivity contribution in [3.8, 4) is 0 Å². The molecule has 0 atom stereocenters. The molecule has 1 aliphatic heterocycles. The lowest BCUT2D eigenvalue weighted by molar-refractivity contribution is 0.130. The number of nitrogens with zero attached hydrogens (tertiary/aromatic N) is 2. The smallest absolute Gasteiger partial charge is 0.0166 e. The van der Waals surface area contributed by atoms with E-state index in [-0.39, 0.29) is 5.54 Å². The maximum Gasteiger partial charge on any atom is 0.0166 e. The molecular weight excluding hydrogens is 210 g/mol. The first-order chi connectivity index (χ1) is 8.04. The average Bonchev–Trinajstić information content (AvgIpc) is 2.51. The Kier molecular flexibility index (Phi) is 6.17. The third kappa shape index (κ3) is 5.66. The van der Waals surface area contributed by atoms with Crippen molar-refractivity contribution in [2.24, 2.45) is 0 Å². The van der Waals surface area contributed by atoms with Crippen molar-refractivity contribution in [3.05, 3.63) is 12.7 Å². The Morgan fingerprint density at radius 3 is 2.71 bits per heavy atom. The molecule has 3 nitrogen and oxygen atoms in total. The molecule has 1 heterocycles. The molecule has 0 aromatic rings. The molecule has 1 fully saturated rings. The van der Waals surface area contributed by atoms with Crippen molar-refractivity contribution in [1.29, 1.82) is 0 Å². The molecule has 0 amide bonds. The zero-order valence-corrected chi connectivity index (χ0v) is 11.8. The minimum Gasteiger partial charge on any atom is -0.315 e. The summed E-state index contributed by atoms with van der Waals surface area (Å²) in [5, 5.41) is 3.45. The fourth-order valence-electron chi connectivity index (χ4n) is 2.24. The largest absolute Gasteiger partial charge is 0.315 e. The summed E-state index contributed by atoms with van der Waals surface area (Å²) in [5.74, 6) is 0. The summed E-state index contributed by atoms with van der Waals surface area (Å²) in [6, 6.07) is 0. The first-order valence-electron chi connectivity index (χ1n) is 6.83. The van der Waals surface area contributed by atoms with Gasteiger partial charge in [0, 0.05) is 38.3 Å². The summed E-state index contributed by atoms with van der Waals surface area (Å²) in [6.45, 7) is 18.7. The molecule has 0 aromatic carbocycles. The van der Waals surface area contributed by atoms with E-state index in [9.17, 15) is 0 Å². The van der Waals surface area contributed by atoms with E-state index in [1.165, 1.54) is 32.6 Å². The van der Waals surface area contributed by atoms with Crippen LogP contribution in [0.25, 0.3) is 0 Å². The SMILES string of the molecule is C=CCN(CCN1CCCNCC1)C(C)(C)C. The number of rotatable bonds is 5. The van der Waals surface area contributed by atoms with Gasteiger partial charge >= 0.3 is 0 Å². The molecule has 17 heavy (non-hydrogen) atoms. The molecule has 0 aliphatic carbocycles. The van der Waals surface area contributed by atoms with Crippen molar-refractivity contribution in [2.75, 3.05) is 45.8 Å². The maximum atomic E-state index is 3.86. The van der Waals surface area contributed by atoms with Crippen molar-refractivity contribution in [2.45, 2.75) is 32.7 Å². The number of hydrogen-bond donors (Lipinski definition) is 1. The third-order valence-corrected chi connectivity index (χ3v) is 3.42. The summed E-state index contributed by atoms with van der Waals surface area (Å²) in [7, 11) is 0. The van der Waals surface area contributed by atoms with E-state index >= 15 is 0 Å². The molecule has 0 unspecified atom stereocenters. The quantitative estimate of drug-likeness (QED) is 0.735. The Morgan fingerprint density at radius 1 is 1.29 bits per heavy atom. The highest BCUT2D eigenvalue weighted by Gasteiger charge is 2.20. The summed E-state index contributed by atoms with van der Waals surface area (Å²) < 4.78 is 0. The van der Waals surface area contributed by atoms with Crippen LogP contribution in [-0.4, -0.2) is 61.2 Å². The first kappa shape index (κ1) is 14.7. The highest BCUT2D eigenvalue weighted by Crippen LogP contribution is 2.12. The molecule has 0 saturated carbocycles. The van der Waals surface area contributed by atoms with Gasteiger partial charge in [0.25, 0.3) is 0 Å². The Morgan fingerprint density at radius 2 is 2.06 bits per heavy atom. The number of nitrogens with one attached hydrogen (secondary N) is 1. The zero-order chi connectivity index (χ0) is 12.7. The molecule has 0 bridgehead atoms. The van der Waals surface area contributed by atoms with Gasteiger partial charge < -0.3 is 10.2 Å². The molecule has 3 heteroatoms. The second kappa shape index (κ2) is 7.14. The number of hydrogen-bond acceptors (Lipinski definition) is 3. The van der Waals surface area contributed by atoms with Gasteiger partial charge in [0.2, 0.25) is 0 Å². The van der Waals surface area contributed by atoms with Crippen LogP contribution in [0.2, 0.25) is 0 Å². The van der Waals surface area contributed by atoms with E-state index in [1.807, 2.05) is 6.08 Å². The van der Waals surface area contributed by atoms with E-state index in [4.69, 9.17) is 0 Å². The van der Waals surface area contributed by atoms with Crippen molar-refractivity contribution >= 4 is 0 Å². The minimum atomic E-state index is 0.234. The standard InChI is InChI=1S/C14H29N3/c1-5-9-17(14(2,3)4)13-12-16-10-6-7-15-8-11-16/h5,15H,1,6-13H2,2-4H3. The fourth-order valence-corrected chi connectivity index (χ4v) is 2.24. The van der Waals surface area contributed by atoms with Crippen LogP contribution >= 0.6 is 0 Å². The Balaban J connectivity index is 2.36. The Hall–Kier alpha value is -0.380. The van der Waals surface area contributed by atoms with E-state index in [0.717, 1.165) is 19.6 Å². The van der Waals surface area contributed by atoms with Crippen LogP contribution < -0.4 is 5.32 Å². The predicted octanol–water partition coefficient (Wildman–Crippen LogP) is 1.57. The lowest BCUT2D eigenvalue weighted by atomic mass is 10.1. The van der Waals surface area contributed by atoms with E-state index < -0.39 is 0 Å². The lowest BCUT2D eigenvalue weighted by Gasteiger charge is -2.36. The monoisotopic (exact) mass is 239 g/mol. The van der Waals surface area contributed by atoms with Crippen molar-refractivity contribution in [3.63, 3.8) is 0 Å². The fraction of sp³-hybridized carbons (Fsp3) is 0.857. The van der Waals surface area contributed by atoms with Crippen LogP contribution in [0.3, 0.4) is 0 Å². The van der Waals surface area contributed by atoms with Gasteiger partial charge in [-0.25, -0.2) is 0 Å². The molecular formula is C14H29N3. The molecule has 1 N–H and O–H groups in total. The van der Waals surface area contributed by atoms with Crippen molar-refractivity contribution in [1.82, 2.24) is 15.1 Å². The Labute approximate surface area is 107 Å². The van der Waals surface area contributed by atoms with Crippen molar-refractivity contribution < 1.29 is 0 Å². The molecule has 100 valence electrons. The van der Waals surface area contributed by atoms with E-state index in [0.29, 0.717) is 0 Å². The van der Waals surface area contributed by atoms with Gasteiger partial charge in [0.05, 0.1) is 0 Å². The average molecular weight is 239 g/mol. The van der Waals surface area contributed by atoms with Crippen LogP contribution in [-0.2, 0) is 0 Å². The molecule has 0 aromatic heterocycles. The lowest BCUT2D eigenvalue weighted by Crippen LogP contribution is -2.46. The predicted molar refractivity (Wildman–Crippen MR) is 75.4 cm³/mol. The topological polar surface area (TPSA) is 18.5 Å². The molecule has 1 aliphatic rings. The molecule has 0 spiro atoms. The molecule has 1 saturated heterocycles. The highest BCUT2D eigenvalue weighted by atomic mass is 15.2. The van der Waals surface area contributed by atoms with Gasteiger partial charge in [0.1, 0.15) is 0 Å². The van der Waals surface area contributed by atoms with Crippen LogP contribution in [0, 0.1) is 0 Å². The van der Waals surface area contributed by atoms with Gasteiger partial charge in [-0.15, -0.1) is 6.58 Å². The van der Waals surface area contributed by atoms with Gasteiger partial charge in [-0.05, 0) is 40.3 Å². The van der Waals surface area contributed by atoms with Gasteiger partial charge in [-0.3, -0.25) is 4.90 Å². The zero-order valence-electron chi connectivity index (χ0n) is 11.8. The summed E-state index contributed by atoms with van der Waals surface area (Å²) in [6.07, 6.45) is 3.28. The van der Waals surface area contributed by atoms with Crippen LogP contribution in [0.5, 0.6) is 0 Å². The first-order valence-corrected chi connectivity index (χ1v) is 6.83. The van der Waals surface area contributed by atoms with Crippen LogP contribution in [0.15, 0.2) is 12.7 Å². The normalized spacial score (nSPS) is 19.3. The Bertz CT molecular complexity index is 212. The minimum absolute atomic E-state index is 0.234. The molecule has 1 rings (SSSR count). The molecule has 0 radical (unpaired) electrons. The summed E-state index contributed by atoms with van der Waals surface area (Å²) in [5.41, 5.74) is 0.234. The maximum absolute atomic E-state index is 3.86. The van der Waals surface area contributed by atoms with Gasteiger partial charge in [-0.2, -0.15) is 0 Å². The van der Waals surface area contributed by atoms with E-state index in [2.05, 4.69) is 42.5 Å². The third-order valence-electron chi connectivity index (χ3n) is 3.42. The second-order valence-corrected chi connectivity index (χ2v) is 5.85. The van der Waals surface area contributed by atoms with Gasteiger partial charge in [-0.1, -0.05) is 6.08 Å².